The highest BCUT2D eigenvalue weighted by Gasteiger charge is 2.35. The molecule has 5 heteroatoms. The Morgan fingerprint density at radius 3 is 2.59 bits per heavy atom. The molecule has 2 saturated heterocycles. The lowest BCUT2D eigenvalue weighted by molar-refractivity contribution is 0.0299. The van der Waals surface area contributed by atoms with E-state index < -0.39 is 0 Å². The first kappa shape index (κ1) is 11.4. The molecule has 2 aliphatic heterocycles. The highest BCUT2D eigenvalue weighted by molar-refractivity contribution is 6.17. The van der Waals surface area contributed by atoms with Crippen LogP contribution in [0.2, 0.25) is 0 Å². The lowest BCUT2D eigenvalue weighted by atomic mass is 10.2. The fourth-order valence-electron chi connectivity index (χ4n) is 3.03. The molecule has 2 unspecified atom stereocenters. The van der Waals surface area contributed by atoms with Crippen molar-refractivity contribution in [3.8, 4) is 0 Å². The first-order chi connectivity index (χ1) is 8.19. The zero-order valence-electron chi connectivity index (χ0n) is 10.3. The van der Waals surface area contributed by atoms with Gasteiger partial charge in [0.1, 0.15) is 5.82 Å². The van der Waals surface area contributed by atoms with Gasteiger partial charge in [0, 0.05) is 25.7 Å². The minimum absolute atomic E-state index is 0.395. The van der Waals surface area contributed by atoms with Gasteiger partial charge in [0.05, 0.1) is 23.8 Å². The molecule has 0 aromatic carbocycles. The number of aromatic nitrogens is 2. The predicted molar refractivity (Wildman–Crippen MR) is 67.6 cm³/mol. The van der Waals surface area contributed by atoms with Crippen molar-refractivity contribution in [2.75, 3.05) is 18.0 Å². The third-order valence-corrected chi connectivity index (χ3v) is 4.06. The molecule has 1 aromatic heterocycles. The smallest absolute Gasteiger partial charge is 0.131 e. The van der Waals surface area contributed by atoms with Crippen molar-refractivity contribution in [2.45, 2.75) is 37.9 Å². The van der Waals surface area contributed by atoms with Gasteiger partial charge in [-0.2, -0.15) is 5.10 Å². The van der Waals surface area contributed by atoms with Gasteiger partial charge in [0.25, 0.3) is 0 Å². The van der Waals surface area contributed by atoms with Crippen LogP contribution in [0.4, 0.5) is 5.82 Å². The van der Waals surface area contributed by atoms with Crippen molar-refractivity contribution in [2.24, 2.45) is 7.05 Å². The first-order valence-corrected chi connectivity index (χ1v) is 6.71. The van der Waals surface area contributed by atoms with Crippen LogP contribution in [0.25, 0.3) is 0 Å². The number of halogens is 1. The van der Waals surface area contributed by atoms with E-state index in [2.05, 4.69) is 10.00 Å². The van der Waals surface area contributed by atoms with Gasteiger partial charge in [-0.3, -0.25) is 4.68 Å². The number of hydrogen-bond acceptors (Lipinski definition) is 3. The maximum atomic E-state index is 6.05. The number of hydrogen-bond donors (Lipinski definition) is 0. The fourth-order valence-corrected chi connectivity index (χ4v) is 3.34. The number of ether oxygens (including phenoxy) is 1. The quantitative estimate of drug-likeness (QED) is 0.756. The molecular weight excluding hydrogens is 238 g/mol. The molecule has 17 heavy (non-hydrogen) atoms. The van der Waals surface area contributed by atoms with Crippen LogP contribution >= 0.6 is 11.6 Å². The third kappa shape index (κ3) is 1.83. The summed E-state index contributed by atoms with van der Waals surface area (Å²) in [6.07, 6.45) is 3.17. The highest BCUT2D eigenvalue weighted by Crippen LogP contribution is 2.32. The zero-order valence-corrected chi connectivity index (χ0v) is 11.1. The normalized spacial score (nSPS) is 27.8. The van der Waals surface area contributed by atoms with E-state index in [9.17, 15) is 0 Å². The minimum Gasteiger partial charge on any atom is -0.371 e. The Kier molecular flexibility index (Phi) is 2.79. The van der Waals surface area contributed by atoms with Crippen LogP contribution in [0, 0.1) is 6.92 Å². The maximum absolute atomic E-state index is 6.05. The van der Waals surface area contributed by atoms with Crippen LogP contribution in [0.3, 0.4) is 0 Å². The van der Waals surface area contributed by atoms with Crippen molar-refractivity contribution >= 4 is 17.4 Å². The Morgan fingerprint density at radius 2 is 2.00 bits per heavy atom. The maximum Gasteiger partial charge on any atom is 0.131 e. The van der Waals surface area contributed by atoms with E-state index >= 15 is 0 Å². The molecule has 2 bridgehead atoms. The number of fused-ring (bicyclic) bond motifs is 2. The van der Waals surface area contributed by atoms with Gasteiger partial charge in [-0.1, -0.05) is 0 Å². The SMILES string of the molecule is Cc1nn(C)c(N2CC3CCC(C2)O3)c1CCl. The van der Waals surface area contributed by atoms with Crippen molar-refractivity contribution in [1.82, 2.24) is 9.78 Å². The van der Waals surface area contributed by atoms with E-state index in [0.717, 1.165) is 24.3 Å². The molecular formula is C12H18ClN3O. The van der Waals surface area contributed by atoms with E-state index in [1.807, 2.05) is 18.7 Å². The van der Waals surface area contributed by atoms with Crippen LogP contribution in [0.5, 0.6) is 0 Å². The predicted octanol–water partition coefficient (Wildman–Crippen LogP) is 1.83. The molecule has 0 saturated carbocycles. The Bertz CT molecular complexity index is 420. The molecule has 2 atom stereocenters. The summed E-state index contributed by atoms with van der Waals surface area (Å²) in [5, 5.41) is 4.48. The van der Waals surface area contributed by atoms with Crippen molar-refractivity contribution in [1.29, 1.82) is 0 Å². The number of aryl methyl sites for hydroxylation is 2. The zero-order chi connectivity index (χ0) is 12.0. The summed E-state index contributed by atoms with van der Waals surface area (Å²) in [6.45, 7) is 3.97. The standard InChI is InChI=1S/C12H18ClN3O/c1-8-11(5-13)12(15(2)14-8)16-6-9-3-4-10(7-16)17-9/h9-10H,3-7H2,1-2H3. The fraction of sp³-hybridized carbons (Fsp3) is 0.750. The second-order valence-corrected chi connectivity index (χ2v) is 5.27. The van der Waals surface area contributed by atoms with Crippen LogP contribution < -0.4 is 4.90 Å². The average Bonchev–Trinajstić information content (AvgIpc) is 2.78. The molecule has 1 aromatic rings. The van der Waals surface area contributed by atoms with E-state index in [0.29, 0.717) is 18.1 Å². The Labute approximate surface area is 106 Å². The van der Waals surface area contributed by atoms with Gasteiger partial charge < -0.3 is 9.64 Å². The molecule has 94 valence electrons. The number of alkyl halides is 1. The minimum atomic E-state index is 0.395. The van der Waals surface area contributed by atoms with Gasteiger partial charge in [0.2, 0.25) is 0 Å². The number of anilines is 1. The van der Waals surface area contributed by atoms with Crippen LogP contribution in [0.1, 0.15) is 24.1 Å². The van der Waals surface area contributed by atoms with Gasteiger partial charge >= 0.3 is 0 Å². The average molecular weight is 256 g/mol. The summed E-state index contributed by atoms with van der Waals surface area (Å²) in [5.74, 6) is 1.71. The number of morpholine rings is 1. The molecule has 3 heterocycles. The van der Waals surface area contributed by atoms with E-state index in [1.54, 1.807) is 0 Å². The largest absolute Gasteiger partial charge is 0.371 e. The van der Waals surface area contributed by atoms with Gasteiger partial charge in [-0.25, -0.2) is 0 Å². The molecule has 0 amide bonds. The molecule has 2 aliphatic rings. The summed E-state index contributed by atoms with van der Waals surface area (Å²) < 4.78 is 7.82. The summed E-state index contributed by atoms with van der Waals surface area (Å²) in [5.41, 5.74) is 2.20. The Balaban J connectivity index is 1.93. The Morgan fingerprint density at radius 1 is 1.35 bits per heavy atom. The summed E-state index contributed by atoms with van der Waals surface area (Å²) in [7, 11) is 2.00. The summed E-state index contributed by atoms with van der Waals surface area (Å²) in [4.78, 5) is 2.39. The van der Waals surface area contributed by atoms with Gasteiger partial charge in [-0.15, -0.1) is 11.6 Å². The van der Waals surface area contributed by atoms with Crippen LogP contribution in [-0.2, 0) is 17.7 Å². The van der Waals surface area contributed by atoms with E-state index in [-0.39, 0.29) is 0 Å². The van der Waals surface area contributed by atoms with E-state index in [4.69, 9.17) is 16.3 Å². The molecule has 3 rings (SSSR count). The van der Waals surface area contributed by atoms with Crippen molar-refractivity contribution in [3.05, 3.63) is 11.3 Å². The molecule has 0 spiro atoms. The lowest BCUT2D eigenvalue weighted by Crippen LogP contribution is -2.43. The molecule has 2 fully saturated rings. The van der Waals surface area contributed by atoms with E-state index in [1.165, 1.54) is 18.7 Å². The van der Waals surface area contributed by atoms with Crippen molar-refractivity contribution < 1.29 is 4.74 Å². The number of nitrogens with zero attached hydrogens (tertiary/aromatic N) is 3. The molecule has 0 N–H and O–H groups in total. The summed E-state index contributed by atoms with van der Waals surface area (Å²) in [6, 6.07) is 0. The summed E-state index contributed by atoms with van der Waals surface area (Å²) >= 11 is 6.05. The lowest BCUT2D eigenvalue weighted by Gasteiger charge is -2.34. The topological polar surface area (TPSA) is 30.3 Å². The van der Waals surface area contributed by atoms with Gasteiger partial charge in [-0.05, 0) is 19.8 Å². The monoisotopic (exact) mass is 255 g/mol. The van der Waals surface area contributed by atoms with Gasteiger partial charge in [0.15, 0.2) is 0 Å². The van der Waals surface area contributed by atoms with Crippen molar-refractivity contribution in [3.63, 3.8) is 0 Å². The molecule has 0 radical (unpaired) electrons. The molecule has 4 nitrogen and oxygen atoms in total. The molecule has 0 aliphatic carbocycles. The first-order valence-electron chi connectivity index (χ1n) is 6.18. The highest BCUT2D eigenvalue weighted by atomic mass is 35.5. The second kappa shape index (κ2) is 4.18. The van der Waals surface area contributed by atoms with Crippen LogP contribution in [0.15, 0.2) is 0 Å². The second-order valence-electron chi connectivity index (χ2n) is 5.01. The third-order valence-electron chi connectivity index (χ3n) is 3.79. The Hall–Kier alpha value is -0.740. The van der Waals surface area contributed by atoms with Crippen LogP contribution in [-0.4, -0.2) is 35.1 Å². The number of rotatable bonds is 2.